The number of rotatable bonds is 4. The van der Waals surface area contributed by atoms with Crippen molar-refractivity contribution < 1.29 is 9.59 Å². The summed E-state index contributed by atoms with van der Waals surface area (Å²) in [6.07, 6.45) is 2.83. The predicted octanol–water partition coefficient (Wildman–Crippen LogP) is 3.36. The lowest BCUT2D eigenvalue weighted by Gasteiger charge is -2.34. The van der Waals surface area contributed by atoms with Gasteiger partial charge in [0.1, 0.15) is 0 Å². The molecule has 1 saturated heterocycles. The van der Waals surface area contributed by atoms with Gasteiger partial charge in [0, 0.05) is 31.6 Å². The molecular formula is C23H30N4O2. The number of benzene rings is 1. The third-order valence-electron chi connectivity index (χ3n) is 6.25. The molecule has 1 aliphatic carbocycles. The number of carbonyl (C=O) groups is 2. The van der Waals surface area contributed by atoms with Crippen molar-refractivity contribution in [3.63, 3.8) is 0 Å². The van der Waals surface area contributed by atoms with E-state index in [1.54, 1.807) is 0 Å². The molecule has 29 heavy (non-hydrogen) atoms. The fourth-order valence-electron chi connectivity index (χ4n) is 4.09. The highest BCUT2D eigenvalue weighted by atomic mass is 16.2. The van der Waals surface area contributed by atoms with Gasteiger partial charge in [0.2, 0.25) is 5.91 Å². The Bertz CT molecular complexity index is 951. The van der Waals surface area contributed by atoms with Crippen LogP contribution in [0.25, 0.3) is 11.0 Å². The van der Waals surface area contributed by atoms with Crippen LogP contribution in [0.4, 0.5) is 0 Å². The number of aryl methyl sites for hydroxylation is 2. The second-order valence-electron chi connectivity index (χ2n) is 8.90. The first-order chi connectivity index (χ1) is 13.8. The molecule has 0 bridgehead atoms. The molecule has 2 fully saturated rings. The molecule has 1 saturated carbocycles. The zero-order valence-electron chi connectivity index (χ0n) is 17.8. The van der Waals surface area contributed by atoms with Crippen LogP contribution in [0.2, 0.25) is 0 Å². The van der Waals surface area contributed by atoms with Gasteiger partial charge in [0.25, 0.3) is 5.91 Å². The van der Waals surface area contributed by atoms with Gasteiger partial charge in [0.05, 0.1) is 28.5 Å². The van der Waals surface area contributed by atoms with Crippen LogP contribution in [-0.2, 0) is 4.79 Å². The summed E-state index contributed by atoms with van der Waals surface area (Å²) in [7, 11) is 0. The van der Waals surface area contributed by atoms with Crippen molar-refractivity contribution in [1.82, 2.24) is 19.8 Å². The number of hydrogen-bond donors (Lipinski definition) is 0. The average molecular weight is 395 g/mol. The molecule has 1 aromatic carbocycles. The largest absolute Gasteiger partial charge is 0.337 e. The molecular weight excluding hydrogens is 364 g/mol. The number of aromatic nitrogens is 2. The van der Waals surface area contributed by atoms with Crippen LogP contribution in [0.1, 0.15) is 54.9 Å². The van der Waals surface area contributed by atoms with E-state index >= 15 is 0 Å². The van der Waals surface area contributed by atoms with Gasteiger partial charge in [-0.15, -0.1) is 0 Å². The van der Waals surface area contributed by atoms with Crippen molar-refractivity contribution in [1.29, 1.82) is 0 Å². The topological polar surface area (TPSA) is 66.4 Å². The quantitative estimate of drug-likeness (QED) is 0.798. The fraction of sp³-hybridized carbons (Fsp3) is 0.565. The molecule has 0 spiro atoms. The molecule has 2 heterocycles. The van der Waals surface area contributed by atoms with Crippen LogP contribution < -0.4 is 0 Å². The molecule has 1 atom stereocenters. The molecule has 6 heteroatoms. The van der Waals surface area contributed by atoms with Gasteiger partial charge in [-0.2, -0.15) is 0 Å². The Morgan fingerprint density at radius 1 is 1.14 bits per heavy atom. The zero-order valence-corrected chi connectivity index (χ0v) is 17.8. The fourth-order valence-corrected chi connectivity index (χ4v) is 4.09. The first kappa shape index (κ1) is 19.8. The summed E-state index contributed by atoms with van der Waals surface area (Å²) < 4.78 is 0. The highest BCUT2D eigenvalue weighted by Crippen LogP contribution is 2.32. The predicted molar refractivity (Wildman–Crippen MR) is 113 cm³/mol. The van der Waals surface area contributed by atoms with Crippen LogP contribution in [0.15, 0.2) is 18.2 Å². The third-order valence-corrected chi connectivity index (χ3v) is 6.25. The number of fused-ring (bicyclic) bond motifs is 1. The van der Waals surface area contributed by atoms with E-state index < -0.39 is 0 Å². The SMILES string of the molecule is Cc1nc2ccc(C(=O)N3CCC(=O)N(CC4CC4)C(C(C)C)C3)cc2nc1C. The second kappa shape index (κ2) is 7.73. The highest BCUT2D eigenvalue weighted by Gasteiger charge is 2.36. The zero-order chi connectivity index (χ0) is 20.7. The number of amides is 2. The Hall–Kier alpha value is -2.50. The monoisotopic (exact) mass is 394 g/mol. The Labute approximate surface area is 172 Å². The molecule has 1 unspecified atom stereocenters. The standard InChI is InChI=1S/C23H30N4O2/c1-14(2)21-13-26(10-9-22(28)27(21)12-17-5-6-17)23(29)18-7-8-19-20(11-18)25-16(4)15(3)24-19/h7-8,11,14,17,21H,5-6,9-10,12-13H2,1-4H3. The van der Waals surface area contributed by atoms with Crippen molar-refractivity contribution in [3.05, 3.63) is 35.2 Å². The molecule has 2 aromatic rings. The van der Waals surface area contributed by atoms with Crippen LogP contribution in [-0.4, -0.2) is 57.3 Å². The summed E-state index contributed by atoms with van der Waals surface area (Å²) in [6, 6.07) is 5.59. The van der Waals surface area contributed by atoms with E-state index in [-0.39, 0.29) is 17.9 Å². The van der Waals surface area contributed by atoms with E-state index in [2.05, 4.69) is 23.8 Å². The second-order valence-corrected chi connectivity index (χ2v) is 8.90. The lowest BCUT2D eigenvalue weighted by molar-refractivity contribution is -0.133. The summed E-state index contributed by atoms with van der Waals surface area (Å²) in [5, 5.41) is 0. The summed E-state index contributed by atoms with van der Waals surface area (Å²) in [5.74, 6) is 1.10. The van der Waals surface area contributed by atoms with Crippen molar-refractivity contribution in [2.45, 2.75) is 53.0 Å². The van der Waals surface area contributed by atoms with Crippen molar-refractivity contribution >= 4 is 22.8 Å². The summed E-state index contributed by atoms with van der Waals surface area (Å²) in [4.78, 5) is 39.2. The normalized spacial score (nSPS) is 20.4. The summed E-state index contributed by atoms with van der Waals surface area (Å²) >= 11 is 0. The maximum Gasteiger partial charge on any atom is 0.254 e. The molecule has 1 aliphatic heterocycles. The molecule has 0 N–H and O–H groups in total. The van der Waals surface area contributed by atoms with E-state index in [1.165, 1.54) is 12.8 Å². The van der Waals surface area contributed by atoms with Gasteiger partial charge in [-0.05, 0) is 56.7 Å². The van der Waals surface area contributed by atoms with Crippen molar-refractivity contribution in [2.24, 2.45) is 11.8 Å². The van der Waals surface area contributed by atoms with E-state index in [0.29, 0.717) is 36.9 Å². The molecule has 4 rings (SSSR count). The highest BCUT2D eigenvalue weighted by molar-refractivity contribution is 5.97. The van der Waals surface area contributed by atoms with E-state index in [4.69, 9.17) is 0 Å². The number of hydrogen-bond acceptors (Lipinski definition) is 4. The van der Waals surface area contributed by atoms with Crippen LogP contribution in [0.3, 0.4) is 0 Å². The Balaban J connectivity index is 1.59. The number of nitrogens with zero attached hydrogens (tertiary/aromatic N) is 4. The minimum absolute atomic E-state index is 0.0290. The van der Waals surface area contributed by atoms with Gasteiger partial charge in [-0.3, -0.25) is 9.59 Å². The van der Waals surface area contributed by atoms with Crippen molar-refractivity contribution in [2.75, 3.05) is 19.6 Å². The van der Waals surface area contributed by atoms with E-state index in [0.717, 1.165) is 29.0 Å². The minimum atomic E-state index is -0.0290. The first-order valence-electron chi connectivity index (χ1n) is 10.7. The molecule has 6 nitrogen and oxygen atoms in total. The lowest BCUT2D eigenvalue weighted by Crippen LogP contribution is -2.48. The summed E-state index contributed by atoms with van der Waals surface area (Å²) in [6.45, 7) is 10.1. The van der Waals surface area contributed by atoms with Crippen LogP contribution in [0, 0.1) is 25.7 Å². The molecule has 154 valence electrons. The maximum absolute atomic E-state index is 13.3. The Morgan fingerprint density at radius 2 is 1.83 bits per heavy atom. The molecule has 1 aromatic heterocycles. The van der Waals surface area contributed by atoms with Gasteiger partial charge in [-0.25, -0.2) is 9.97 Å². The van der Waals surface area contributed by atoms with E-state index in [1.807, 2.05) is 41.8 Å². The Kier molecular flexibility index (Phi) is 5.28. The molecule has 2 amide bonds. The maximum atomic E-state index is 13.3. The van der Waals surface area contributed by atoms with Gasteiger partial charge in [-0.1, -0.05) is 13.8 Å². The van der Waals surface area contributed by atoms with Gasteiger partial charge in [0.15, 0.2) is 0 Å². The van der Waals surface area contributed by atoms with Crippen molar-refractivity contribution in [3.8, 4) is 0 Å². The lowest BCUT2D eigenvalue weighted by atomic mass is 10.0. The minimum Gasteiger partial charge on any atom is -0.337 e. The van der Waals surface area contributed by atoms with Crippen LogP contribution >= 0.6 is 0 Å². The van der Waals surface area contributed by atoms with Crippen LogP contribution in [0.5, 0.6) is 0 Å². The summed E-state index contributed by atoms with van der Waals surface area (Å²) in [5.41, 5.74) is 3.92. The first-order valence-corrected chi connectivity index (χ1v) is 10.7. The van der Waals surface area contributed by atoms with Gasteiger partial charge < -0.3 is 9.80 Å². The van der Waals surface area contributed by atoms with E-state index in [9.17, 15) is 9.59 Å². The smallest absolute Gasteiger partial charge is 0.254 e. The third kappa shape index (κ3) is 4.11. The average Bonchev–Trinajstić information content (AvgIpc) is 3.51. The Morgan fingerprint density at radius 3 is 2.48 bits per heavy atom. The molecule has 0 radical (unpaired) electrons. The number of carbonyl (C=O) groups excluding carboxylic acids is 2. The van der Waals surface area contributed by atoms with Gasteiger partial charge >= 0.3 is 0 Å². The molecule has 2 aliphatic rings.